The number of thiazole rings is 1. The first-order valence-electron chi connectivity index (χ1n) is 9.42. The first kappa shape index (κ1) is 21.7. The molecule has 1 saturated heterocycles. The van der Waals surface area contributed by atoms with Crippen LogP contribution < -0.4 is 0 Å². The van der Waals surface area contributed by atoms with Crippen molar-refractivity contribution in [3.8, 4) is 15.8 Å². The quantitative estimate of drug-likeness (QED) is 0.428. The van der Waals surface area contributed by atoms with E-state index < -0.39 is 0 Å². The van der Waals surface area contributed by atoms with Crippen LogP contribution in [0.2, 0.25) is 10.0 Å². The lowest BCUT2D eigenvalue weighted by Crippen LogP contribution is -2.25. The molecule has 0 bridgehead atoms. The minimum absolute atomic E-state index is 0.0376. The van der Waals surface area contributed by atoms with Gasteiger partial charge in [0, 0.05) is 20.2 Å². The van der Waals surface area contributed by atoms with Gasteiger partial charge in [0.15, 0.2) is 0 Å². The average Bonchev–Trinajstić information content (AvgIpc) is 3.48. The van der Waals surface area contributed by atoms with Crippen LogP contribution >= 0.6 is 46.3 Å². The molecule has 5 rings (SSSR count). The van der Waals surface area contributed by atoms with E-state index in [9.17, 15) is 5.11 Å². The van der Waals surface area contributed by atoms with Gasteiger partial charge in [-0.25, -0.2) is 19.6 Å². The number of methoxy groups -OCH3 is 1. The molecule has 0 radical (unpaired) electrons. The van der Waals surface area contributed by atoms with Gasteiger partial charge in [-0.1, -0.05) is 34.5 Å². The Bertz CT molecular complexity index is 1300. The standard InChI is InChI=1S/C18H16Cl2N8O2S2/c1-27-6-12(13(7-27)30-2)28-17(24-25-26-28)32-16-15(14-5-21-18(29)31-14)22-10-3-8(19)9(20)4-11(10)23-16/h3-5,12-13H,6-7H2,1-2H3,(H,21,29)/t12-,13+/m0/s1. The molecule has 3 aromatic heterocycles. The Morgan fingerprint density at radius 2 is 1.94 bits per heavy atom. The highest BCUT2D eigenvalue weighted by Crippen LogP contribution is 2.39. The summed E-state index contributed by atoms with van der Waals surface area (Å²) >= 11 is 14.8. The van der Waals surface area contributed by atoms with Gasteiger partial charge in [0.25, 0.3) is 5.19 Å². The minimum Gasteiger partial charge on any atom is -0.486 e. The second-order valence-electron chi connectivity index (χ2n) is 7.21. The van der Waals surface area contributed by atoms with Gasteiger partial charge in [0.2, 0.25) is 5.16 Å². The number of aromatic hydroxyl groups is 1. The molecular formula is C18H16Cl2N8O2S2. The summed E-state index contributed by atoms with van der Waals surface area (Å²) in [6.45, 7) is 1.54. The zero-order chi connectivity index (χ0) is 22.4. The van der Waals surface area contributed by atoms with Gasteiger partial charge < -0.3 is 14.7 Å². The zero-order valence-corrected chi connectivity index (χ0v) is 20.0. The predicted molar refractivity (Wildman–Crippen MR) is 122 cm³/mol. The SMILES string of the molecule is CO[C@@H]1CN(C)C[C@@H]1n1nnnc1Sc1nc2cc(Cl)c(Cl)cc2nc1-c1cnc(O)s1. The van der Waals surface area contributed by atoms with Crippen molar-refractivity contribution in [2.75, 3.05) is 27.2 Å². The van der Waals surface area contributed by atoms with Crippen molar-refractivity contribution < 1.29 is 9.84 Å². The zero-order valence-electron chi connectivity index (χ0n) is 16.8. The second kappa shape index (κ2) is 8.69. The fourth-order valence-electron chi connectivity index (χ4n) is 3.60. The van der Waals surface area contributed by atoms with Gasteiger partial charge in [0.1, 0.15) is 10.7 Å². The molecular weight excluding hydrogens is 495 g/mol. The maximum absolute atomic E-state index is 9.78. The number of likely N-dealkylation sites (tertiary alicyclic amines) is 1. The third-order valence-electron chi connectivity index (χ3n) is 5.09. The minimum atomic E-state index is -0.0613. The summed E-state index contributed by atoms with van der Waals surface area (Å²) in [7, 11) is 3.72. The van der Waals surface area contributed by atoms with E-state index in [1.165, 1.54) is 11.8 Å². The molecule has 1 aliphatic rings. The van der Waals surface area contributed by atoms with Crippen molar-refractivity contribution in [3.05, 3.63) is 28.4 Å². The molecule has 4 heterocycles. The van der Waals surface area contributed by atoms with Crippen molar-refractivity contribution in [1.29, 1.82) is 0 Å². The summed E-state index contributed by atoms with van der Waals surface area (Å²) in [6.07, 6.45) is 1.51. The van der Waals surface area contributed by atoms with E-state index in [4.69, 9.17) is 37.9 Å². The van der Waals surface area contributed by atoms with E-state index in [0.29, 0.717) is 41.8 Å². The molecule has 2 atom stereocenters. The van der Waals surface area contributed by atoms with Gasteiger partial charge in [-0.3, -0.25) is 0 Å². The number of halogens is 2. The Hall–Kier alpha value is -2.09. The highest BCUT2D eigenvalue weighted by Gasteiger charge is 2.35. The van der Waals surface area contributed by atoms with E-state index in [2.05, 4.69) is 25.4 Å². The number of ether oxygens (including phenoxy) is 1. The number of hydrogen-bond donors (Lipinski definition) is 1. The van der Waals surface area contributed by atoms with Crippen LogP contribution in [-0.4, -0.2) is 78.5 Å². The first-order valence-corrected chi connectivity index (χ1v) is 11.8. The van der Waals surface area contributed by atoms with Crippen LogP contribution in [0.5, 0.6) is 5.19 Å². The number of fused-ring (bicyclic) bond motifs is 1. The molecule has 1 N–H and O–H groups in total. The smallest absolute Gasteiger partial charge is 0.271 e. The lowest BCUT2D eigenvalue weighted by molar-refractivity contribution is 0.0759. The molecule has 4 aromatic rings. The summed E-state index contributed by atoms with van der Waals surface area (Å²) < 4.78 is 7.41. The number of benzene rings is 1. The van der Waals surface area contributed by atoms with Crippen molar-refractivity contribution in [2.24, 2.45) is 0 Å². The van der Waals surface area contributed by atoms with Crippen molar-refractivity contribution in [3.63, 3.8) is 0 Å². The van der Waals surface area contributed by atoms with E-state index in [1.807, 2.05) is 7.05 Å². The van der Waals surface area contributed by atoms with E-state index in [-0.39, 0.29) is 17.3 Å². The third kappa shape index (κ3) is 4.02. The molecule has 0 spiro atoms. The molecule has 0 saturated carbocycles. The van der Waals surface area contributed by atoms with Crippen LogP contribution in [-0.2, 0) is 4.74 Å². The Balaban J connectivity index is 1.60. The largest absolute Gasteiger partial charge is 0.486 e. The average molecular weight is 511 g/mol. The third-order valence-corrected chi connectivity index (χ3v) is 7.55. The van der Waals surface area contributed by atoms with Gasteiger partial charge in [-0.15, -0.1) is 5.10 Å². The topological polar surface area (TPSA) is 115 Å². The summed E-state index contributed by atoms with van der Waals surface area (Å²) in [4.78, 5) is 16.3. The van der Waals surface area contributed by atoms with E-state index in [1.54, 1.807) is 30.1 Å². The fourth-order valence-corrected chi connectivity index (χ4v) is 5.53. The van der Waals surface area contributed by atoms with Gasteiger partial charge in [-0.2, -0.15) is 0 Å². The van der Waals surface area contributed by atoms with Crippen LogP contribution in [0.3, 0.4) is 0 Å². The van der Waals surface area contributed by atoms with Crippen LogP contribution in [0, 0.1) is 0 Å². The Labute approximate surface area is 200 Å². The molecule has 1 fully saturated rings. The highest BCUT2D eigenvalue weighted by molar-refractivity contribution is 7.99. The van der Waals surface area contributed by atoms with Crippen molar-refractivity contribution >= 4 is 57.3 Å². The van der Waals surface area contributed by atoms with Gasteiger partial charge in [0.05, 0.1) is 44.3 Å². The summed E-state index contributed by atoms with van der Waals surface area (Å²) in [6, 6.07) is 3.28. The molecule has 1 aliphatic heterocycles. The number of hydrogen-bond acceptors (Lipinski definition) is 11. The molecule has 166 valence electrons. The molecule has 32 heavy (non-hydrogen) atoms. The second-order valence-corrected chi connectivity index (χ2v) is 9.99. The molecule has 10 nitrogen and oxygen atoms in total. The number of tetrazole rings is 1. The number of likely N-dealkylation sites (N-methyl/N-ethyl adjacent to an activating group) is 1. The fraction of sp³-hybridized carbons (Fsp3) is 0.333. The Kier molecular flexibility index (Phi) is 5.90. The van der Waals surface area contributed by atoms with E-state index in [0.717, 1.165) is 24.4 Å². The van der Waals surface area contributed by atoms with Gasteiger partial charge in [-0.05, 0) is 41.4 Å². The highest BCUT2D eigenvalue weighted by atomic mass is 35.5. The van der Waals surface area contributed by atoms with Gasteiger partial charge >= 0.3 is 0 Å². The van der Waals surface area contributed by atoms with Crippen molar-refractivity contribution in [2.45, 2.75) is 22.3 Å². The van der Waals surface area contributed by atoms with E-state index >= 15 is 0 Å². The Morgan fingerprint density at radius 3 is 2.62 bits per heavy atom. The van der Waals surface area contributed by atoms with Crippen LogP contribution in [0.4, 0.5) is 0 Å². The first-order chi connectivity index (χ1) is 15.4. The van der Waals surface area contributed by atoms with Crippen molar-refractivity contribution in [1.82, 2.24) is 40.1 Å². The summed E-state index contributed by atoms with van der Waals surface area (Å²) in [5.41, 5.74) is 1.69. The number of rotatable bonds is 5. The maximum atomic E-state index is 9.78. The van der Waals surface area contributed by atoms with Crippen LogP contribution in [0.15, 0.2) is 28.5 Å². The van der Waals surface area contributed by atoms with Crippen LogP contribution in [0.25, 0.3) is 21.6 Å². The number of aromatic nitrogens is 7. The summed E-state index contributed by atoms with van der Waals surface area (Å²) in [5.74, 6) is 0. The summed E-state index contributed by atoms with van der Waals surface area (Å²) in [5, 5.41) is 23.9. The predicted octanol–water partition coefficient (Wildman–Crippen LogP) is 3.40. The lowest BCUT2D eigenvalue weighted by Gasteiger charge is -2.17. The molecule has 0 unspecified atom stereocenters. The monoisotopic (exact) mass is 510 g/mol. The lowest BCUT2D eigenvalue weighted by atomic mass is 10.2. The molecule has 1 aromatic carbocycles. The number of nitrogens with zero attached hydrogens (tertiary/aromatic N) is 8. The molecule has 0 aliphatic carbocycles. The Morgan fingerprint density at radius 1 is 1.19 bits per heavy atom. The molecule has 14 heteroatoms. The normalized spacial score (nSPS) is 19.2. The van der Waals surface area contributed by atoms with Crippen LogP contribution in [0.1, 0.15) is 6.04 Å². The maximum Gasteiger partial charge on any atom is 0.271 e. The molecule has 0 amide bonds.